The third-order valence-corrected chi connectivity index (χ3v) is 5.81. The van der Waals surface area contributed by atoms with Gasteiger partial charge in [-0.15, -0.1) is 0 Å². The van der Waals surface area contributed by atoms with Crippen molar-refractivity contribution in [3.63, 3.8) is 0 Å². The normalized spacial score (nSPS) is 24.9. The molecule has 3 rings (SSSR count). The maximum Gasteiger partial charge on any atom is 0.407 e. The second-order valence-corrected chi connectivity index (χ2v) is 8.27. The monoisotopic (exact) mass is 457 g/mol. The number of carbonyl (C=O) groups is 1. The van der Waals surface area contributed by atoms with Crippen LogP contribution in [0.15, 0.2) is 60.7 Å². The smallest absolute Gasteiger partial charge is 0.407 e. The van der Waals surface area contributed by atoms with E-state index in [1.807, 2.05) is 74.5 Å². The lowest BCUT2D eigenvalue weighted by Gasteiger charge is -2.43. The number of hydrogen-bond acceptors (Lipinski definition) is 6. The number of carbonyl (C=O) groups excluding carboxylic acids is 1. The van der Waals surface area contributed by atoms with Crippen LogP contribution in [0.2, 0.25) is 0 Å². The number of aliphatic hydroxyl groups is 1. The first kappa shape index (κ1) is 25.2. The Labute approximate surface area is 196 Å². The minimum atomic E-state index is -0.691. The summed E-state index contributed by atoms with van der Waals surface area (Å²) in [5, 5.41) is 13.6. The fourth-order valence-electron chi connectivity index (χ4n) is 3.84. The zero-order valence-corrected chi connectivity index (χ0v) is 19.4. The van der Waals surface area contributed by atoms with Gasteiger partial charge in [-0.25, -0.2) is 4.79 Å². The lowest BCUT2D eigenvalue weighted by atomic mass is 9.89. The summed E-state index contributed by atoms with van der Waals surface area (Å²) in [4.78, 5) is 11.9. The molecule has 7 nitrogen and oxygen atoms in total. The van der Waals surface area contributed by atoms with Crippen molar-refractivity contribution < 1.29 is 28.8 Å². The van der Waals surface area contributed by atoms with Gasteiger partial charge in [0, 0.05) is 12.5 Å². The van der Waals surface area contributed by atoms with Crippen LogP contribution in [0, 0.1) is 5.92 Å². The van der Waals surface area contributed by atoms with Crippen molar-refractivity contribution in [1.29, 1.82) is 0 Å². The molecule has 1 saturated heterocycles. The maximum absolute atomic E-state index is 11.9. The minimum Gasteiger partial charge on any atom is -0.445 e. The van der Waals surface area contributed by atoms with Crippen molar-refractivity contribution in [2.24, 2.45) is 5.92 Å². The van der Waals surface area contributed by atoms with Crippen LogP contribution < -0.4 is 5.32 Å². The van der Waals surface area contributed by atoms with E-state index in [-0.39, 0.29) is 18.6 Å². The highest BCUT2D eigenvalue weighted by Crippen LogP contribution is 2.30. The number of amides is 1. The van der Waals surface area contributed by atoms with Gasteiger partial charge < -0.3 is 29.4 Å². The summed E-state index contributed by atoms with van der Waals surface area (Å²) in [5.74, 6) is -0.0586. The van der Waals surface area contributed by atoms with E-state index in [0.29, 0.717) is 26.2 Å². The molecule has 0 spiro atoms. The Hall–Kier alpha value is -2.45. The molecule has 180 valence electrons. The van der Waals surface area contributed by atoms with Crippen LogP contribution in [0.1, 0.15) is 37.8 Å². The molecule has 2 unspecified atom stereocenters. The van der Waals surface area contributed by atoms with Crippen molar-refractivity contribution in [3.8, 4) is 0 Å². The van der Waals surface area contributed by atoms with Crippen LogP contribution in [0.3, 0.4) is 0 Å². The summed E-state index contributed by atoms with van der Waals surface area (Å²) >= 11 is 0. The molecule has 2 aromatic carbocycles. The van der Waals surface area contributed by atoms with Crippen LogP contribution >= 0.6 is 0 Å². The lowest BCUT2D eigenvalue weighted by molar-refractivity contribution is -0.296. The fraction of sp³-hybridized carbons (Fsp3) is 0.500. The summed E-state index contributed by atoms with van der Waals surface area (Å²) in [6.07, 6.45) is -1.17. The molecular formula is C26H35NO6. The first-order chi connectivity index (χ1) is 16.1. The largest absolute Gasteiger partial charge is 0.445 e. The maximum atomic E-state index is 11.9. The molecule has 0 aliphatic carbocycles. The second kappa shape index (κ2) is 13.3. The van der Waals surface area contributed by atoms with Crippen molar-refractivity contribution in [2.75, 3.05) is 13.2 Å². The van der Waals surface area contributed by atoms with Crippen molar-refractivity contribution in [2.45, 2.75) is 64.5 Å². The van der Waals surface area contributed by atoms with Gasteiger partial charge in [0.05, 0.1) is 25.4 Å². The van der Waals surface area contributed by atoms with Gasteiger partial charge in [0.15, 0.2) is 6.29 Å². The van der Waals surface area contributed by atoms with E-state index in [2.05, 4.69) is 5.32 Å². The Morgan fingerprint density at radius 1 is 1.00 bits per heavy atom. The minimum absolute atomic E-state index is 0.0586. The van der Waals surface area contributed by atoms with E-state index in [4.69, 9.17) is 18.9 Å². The van der Waals surface area contributed by atoms with Gasteiger partial charge in [0.1, 0.15) is 12.7 Å². The molecule has 5 atom stereocenters. The molecule has 7 heteroatoms. The highest BCUT2D eigenvalue weighted by molar-refractivity contribution is 5.67. The van der Waals surface area contributed by atoms with Gasteiger partial charge >= 0.3 is 6.09 Å². The molecule has 2 aromatic rings. The van der Waals surface area contributed by atoms with Gasteiger partial charge in [-0.2, -0.15) is 0 Å². The number of benzene rings is 2. The molecule has 33 heavy (non-hydrogen) atoms. The van der Waals surface area contributed by atoms with Gasteiger partial charge in [-0.3, -0.25) is 0 Å². The molecule has 0 saturated carbocycles. The number of nitrogens with one attached hydrogen (secondary N) is 1. The average Bonchev–Trinajstić information content (AvgIpc) is 2.85. The summed E-state index contributed by atoms with van der Waals surface area (Å²) in [5.41, 5.74) is 1.96. The van der Waals surface area contributed by atoms with Crippen LogP contribution in [0.5, 0.6) is 0 Å². The zero-order chi connectivity index (χ0) is 23.5. The molecule has 1 aliphatic rings. The predicted octanol–water partition coefficient (Wildman–Crippen LogP) is 4.04. The van der Waals surface area contributed by atoms with E-state index in [1.54, 1.807) is 0 Å². The molecule has 1 amide bonds. The third-order valence-electron chi connectivity index (χ3n) is 5.81. The first-order valence-corrected chi connectivity index (χ1v) is 11.6. The van der Waals surface area contributed by atoms with Gasteiger partial charge in [0.2, 0.25) is 0 Å². The van der Waals surface area contributed by atoms with Crippen LogP contribution in [0.4, 0.5) is 4.79 Å². The van der Waals surface area contributed by atoms with E-state index >= 15 is 0 Å². The highest BCUT2D eigenvalue weighted by Gasteiger charge is 2.43. The average molecular weight is 458 g/mol. The summed E-state index contributed by atoms with van der Waals surface area (Å²) in [6.45, 7) is 5.36. The zero-order valence-electron chi connectivity index (χ0n) is 19.4. The van der Waals surface area contributed by atoms with Gasteiger partial charge in [-0.05, 0) is 24.0 Å². The Morgan fingerprint density at radius 2 is 1.64 bits per heavy atom. The SMILES string of the molecule is CCC1O[C@H](OCCCNC(=O)OCc2ccccc2)C(OCc2ccccc2)[C@@H](O)[C@@H]1C. The quantitative estimate of drug-likeness (QED) is 0.496. The number of alkyl carbamates (subject to hydrolysis) is 1. The van der Waals surface area contributed by atoms with E-state index in [1.165, 1.54) is 0 Å². The summed E-state index contributed by atoms with van der Waals surface area (Å²) in [6, 6.07) is 19.3. The van der Waals surface area contributed by atoms with E-state index in [0.717, 1.165) is 17.5 Å². The molecule has 0 aromatic heterocycles. The molecule has 1 heterocycles. The molecule has 2 N–H and O–H groups in total. The Bertz CT molecular complexity index is 818. The van der Waals surface area contributed by atoms with Crippen molar-refractivity contribution in [3.05, 3.63) is 71.8 Å². The predicted molar refractivity (Wildman–Crippen MR) is 124 cm³/mol. The van der Waals surface area contributed by atoms with E-state index in [9.17, 15) is 9.90 Å². The van der Waals surface area contributed by atoms with Gasteiger partial charge in [-0.1, -0.05) is 74.5 Å². The number of ether oxygens (including phenoxy) is 4. The van der Waals surface area contributed by atoms with Crippen LogP contribution in [-0.4, -0.2) is 49.0 Å². The van der Waals surface area contributed by atoms with Crippen molar-refractivity contribution >= 4 is 6.09 Å². The highest BCUT2D eigenvalue weighted by atomic mass is 16.7. The topological polar surface area (TPSA) is 86.3 Å². The number of hydrogen-bond donors (Lipinski definition) is 2. The summed E-state index contributed by atoms with van der Waals surface area (Å²) in [7, 11) is 0. The van der Waals surface area contributed by atoms with E-state index < -0.39 is 24.6 Å². The fourth-order valence-corrected chi connectivity index (χ4v) is 3.84. The Kier molecular flexibility index (Phi) is 10.2. The first-order valence-electron chi connectivity index (χ1n) is 11.6. The second-order valence-electron chi connectivity index (χ2n) is 8.27. The number of rotatable bonds is 11. The third kappa shape index (κ3) is 7.82. The molecule has 1 fully saturated rings. The Balaban J connectivity index is 1.42. The Morgan fingerprint density at radius 3 is 2.27 bits per heavy atom. The lowest BCUT2D eigenvalue weighted by Crippen LogP contribution is -2.55. The molecular weight excluding hydrogens is 422 g/mol. The molecule has 0 bridgehead atoms. The van der Waals surface area contributed by atoms with Gasteiger partial charge in [0.25, 0.3) is 0 Å². The number of aliphatic hydroxyl groups excluding tert-OH is 1. The molecule has 1 aliphatic heterocycles. The standard InChI is InChI=1S/C26H35NO6/c1-3-22-19(2)23(28)24(31-17-20-11-6-4-7-12-20)25(33-22)30-16-10-15-27-26(29)32-18-21-13-8-5-9-14-21/h4-9,11-14,19,22-25,28H,3,10,15-18H2,1-2H3,(H,27,29)/t19-,22?,23+,24?,25+/m1/s1. The molecule has 0 radical (unpaired) electrons. The van der Waals surface area contributed by atoms with Crippen LogP contribution in [-0.2, 0) is 32.2 Å². The van der Waals surface area contributed by atoms with Crippen LogP contribution in [0.25, 0.3) is 0 Å². The summed E-state index contributed by atoms with van der Waals surface area (Å²) < 4.78 is 23.3. The van der Waals surface area contributed by atoms with Crippen molar-refractivity contribution in [1.82, 2.24) is 5.32 Å².